The summed E-state index contributed by atoms with van der Waals surface area (Å²) >= 11 is 0. The van der Waals surface area contributed by atoms with E-state index in [-0.39, 0.29) is 5.97 Å². The molecule has 0 aliphatic carbocycles. The fraction of sp³-hybridized carbons (Fsp3) is 0.214. The zero-order valence-corrected chi connectivity index (χ0v) is 20.2. The van der Waals surface area contributed by atoms with Gasteiger partial charge in [-0.25, -0.2) is 19.7 Å². The summed E-state index contributed by atoms with van der Waals surface area (Å²) in [5.41, 5.74) is 3.58. The minimum absolute atomic E-state index is 0.361. The van der Waals surface area contributed by atoms with Gasteiger partial charge in [-0.05, 0) is 17.2 Å². The fourth-order valence-electron chi connectivity index (χ4n) is 3.31. The molecule has 4 rings (SSSR count). The number of esters is 1. The lowest BCUT2D eigenvalue weighted by molar-refractivity contribution is -0.141. The molecule has 7 heteroatoms. The molecule has 2 aromatic heterocycles. The largest absolute Gasteiger partial charge is 0.473 e. The number of carbonyl (C=O) groups is 1. The Morgan fingerprint density at radius 2 is 1.57 bits per heavy atom. The van der Waals surface area contributed by atoms with Crippen LogP contribution < -0.4 is 10.1 Å². The molecular weight excluding hydrogens is 440 g/mol. The van der Waals surface area contributed by atoms with E-state index in [1.165, 1.54) is 13.4 Å². The average molecular weight is 471 g/mol. The Bertz CT molecular complexity index is 1170. The van der Waals surface area contributed by atoms with E-state index in [2.05, 4.69) is 20.3 Å². The molecule has 0 saturated heterocycles. The number of pyridine rings is 1. The van der Waals surface area contributed by atoms with Crippen molar-refractivity contribution in [2.24, 2.45) is 0 Å². The highest BCUT2D eigenvalue weighted by molar-refractivity contribution is 5.79. The molecule has 1 unspecified atom stereocenters. The van der Waals surface area contributed by atoms with Crippen molar-refractivity contribution in [1.29, 1.82) is 0 Å². The van der Waals surface area contributed by atoms with E-state index in [1.54, 1.807) is 18.3 Å². The van der Waals surface area contributed by atoms with Gasteiger partial charge in [0.05, 0.1) is 12.8 Å². The number of nitrogens with zero attached hydrogens (tertiary/aromatic N) is 3. The van der Waals surface area contributed by atoms with Gasteiger partial charge in [0.25, 0.3) is 0 Å². The molecule has 1 N–H and O–H groups in total. The normalized spacial score (nSPS) is 10.9. The van der Waals surface area contributed by atoms with Gasteiger partial charge < -0.3 is 14.8 Å². The maximum atomic E-state index is 12.3. The lowest BCUT2D eigenvalue weighted by Gasteiger charge is -2.17. The highest BCUT2D eigenvalue weighted by Crippen LogP contribution is 2.21. The number of anilines is 1. The number of methoxy groups -OCH3 is 1. The van der Waals surface area contributed by atoms with Crippen LogP contribution in [0.1, 0.15) is 25.0 Å². The zero-order chi connectivity index (χ0) is 24.9. The molecule has 0 radical (unpaired) electrons. The first-order valence-electron chi connectivity index (χ1n) is 11.5. The van der Waals surface area contributed by atoms with Crippen LogP contribution in [-0.2, 0) is 22.6 Å². The Labute approximate surface area is 206 Å². The van der Waals surface area contributed by atoms with Crippen LogP contribution in [0.5, 0.6) is 5.88 Å². The number of benzene rings is 2. The fourth-order valence-corrected chi connectivity index (χ4v) is 3.31. The van der Waals surface area contributed by atoms with Crippen molar-refractivity contribution in [3.05, 3.63) is 103 Å². The smallest absolute Gasteiger partial charge is 0.328 e. The van der Waals surface area contributed by atoms with Gasteiger partial charge in [0.2, 0.25) is 5.88 Å². The third kappa shape index (κ3) is 7.64. The Morgan fingerprint density at radius 1 is 0.886 bits per heavy atom. The predicted octanol–water partition coefficient (Wildman–Crippen LogP) is 5.34. The highest BCUT2D eigenvalue weighted by atomic mass is 16.5. The van der Waals surface area contributed by atoms with E-state index in [0.717, 1.165) is 16.7 Å². The Morgan fingerprint density at radius 3 is 2.20 bits per heavy atom. The second-order valence-electron chi connectivity index (χ2n) is 7.36. The maximum Gasteiger partial charge on any atom is 0.328 e. The van der Waals surface area contributed by atoms with Gasteiger partial charge in [0.15, 0.2) is 0 Å². The summed E-state index contributed by atoms with van der Waals surface area (Å²) in [5.74, 6) is 0.694. The van der Waals surface area contributed by atoms with Crippen molar-refractivity contribution in [3.8, 4) is 17.1 Å². The van der Waals surface area contributed by atoms with Crippen molar-refractivity contribution in [1.82, 2.24) is 15.0 Å². The van der Waals surface area contributed by atoms with Gasteiger partial charge in [-0.1, -0.05) is 74.5 Å². The summed E-state index contributed by atoms with van der Waals surface area (Å²) in [6.07, 6.45) is 3.63. The molecule has 7 nitrogen and oxygen atoms in total. The van der Waals surface area contributed by atoms with E-state index in [1.807, 2.05) is 80.6 Å². The summed E-state index contributed by atoms with van der Waals surface area (Å²) in [6.45, 7) is 4.45. The van der Waals surface area contributed by atoms with E-state index in [9.17, 15) is 4.79 Å². The number of rotatable bonds is 9. The second kappa shape index (κ2) is 13.4. The van der Waals surface area contributed by atoms with Gasteiger partial charge >= 0.3 is 5.97 Å². The first-order chi connectivity index (χ1) is 17.2. The molecule has 4 aromatic rings. The Hall–Kier alpha value is -4.26. The molecule has 0 spiro atoms. The summed E-state index contributed by atoms with van der Waals surface area (Å²) < 4.78 is 10.7. The quantitative estimate of drug-likeness (QED) is 0.330. The van der Waals surface area contributed by atoms with Gasteiger partial charge in [-0.2, -0.15) is 0 Å². The number of hydrogen-bond donors (Lipinski definition) is 1. The summed E-state index contributed by atoms with van der Waals surface area (Å²) in [4.78, 5) is 25.3. The SMILES string of the molecule is CC.COC(=O)C(Cc1ccccc1)Nc1cc(-c2ccc(OCc3ccccc3)nc2)ncn1. The molecule has 180 valence electrons. The molecule has 35 heavy (non-hydrogen) atoms. The summed E-state index contributed by atoms with van der Waals surface area (Å²) in [5, 5.41) is 3.17. The molecule has 2 heterocycles. The Balaban J connectivity index is 0.00000167. The van der Waals surface area contributed by atoms with Crippen LogP contribution in [0, 0.1) is 0 Å². The summed E-state index contributed by atoms with van der Waals surface area (Å²) in [6, 6.07) is 24.6. The van der Waals surface area contributed by atoms with Crippen molar-refractivity contribution in [3.63, 3.8) is 0 Å². The maximum absolute atomic E-state index is 12.3. The lowest BCUT2D eigenvalue weighted by Crippen LogP contribution is -2.33. The van der Waals surface area contributed by atoms with Crippen LogP contribution in [0.2, 0.25) is 0 Å². The number of ether oxygens (including phenoxy) is 2. The van der Waals surface area contributed by atoms with Crippen molar-refractivity contribution >= 4 is 11.8 Å². The topological polar surface area (TPSA) is 86.2 Å². The number of aromatic nitrogens is 3. The average Bonchev–Trinajstić information content (AvgIpc) is 2.94. The van der Waals surface area contributed by atoms with Crippen LogP contribution in [0.4, 0.5) is 5.82 Å². The number of nitrogens with one attached hydrogen (secondary N) is 1. The molecule has 2 aromatic carbocycles. The van der Waals surface area contributed by atoms with Crippen molar-refractivity contribution < 1.29 is 14.3 Å². The lowest BCUT2D eigenvalue weighted by atomic mass is 10.1. The first kappa shape index (κ1) is 25.4. The number of hydrogen-bond acceptors (Lipinski definition) is 7. The predicted molar refractivity (Wildman–Crippen MR) is 137 cm³/mol. The van der Waals surface area contributed by atoms with E-state index >= 15 is 0 Å². The van der Waals surface area contributed by atoms with Crippen LogP contribution in [0.25, 0.3) is 11.3 Å². The van der Waals surface area contributed by atoms with E-state index < -0.39 is 6.04 Å². The van der Waals surface area contributed by atoms with Crippen LogP contribution >= 0.6 is 0 Å². The standard InChI is InChI=1S/C26H24N4O3.C2H6/c1-32-26(31)23(14-19-8-4-2-5-9-19)30-24-15-22(28-18-29-24)21-12-13-25(27-16-21)33-17-20-10-6-3-7-11-20;1-2/h2-13,15-16,18,23H,14,17H2,1H3,(H,28,29,30);1-2H3. The minimum atomic E-state index is -0.577. The zero-order valence-electron chi connectivity index (χ0n) is 20.2. The molecule has 1 atom stereocenters. The molecule has 0 amide bonds. The van der Waals surface area contributed by atoms with Crippen LogP contribution in [0.15, 0.2) is 91.4 Å². The molecule has 0 aliphatic heterocycles. The minimum Gasteiger partial charge on any atom is -0.473 e. The first-order valence-corrected chi connectivity index (χ1v) is 11.5. The number of carbonyl (C=O) groups excluding carboxylic acids is 1. The van der Waals surface area contributed by atoms with E-state index in [4.69, 9.17) is 9.47 Å². The monoisotopic (exact) mass is 470 g/mol. The van der Waals surface area contributed by atoms with Crippen LogP contribution in [-0.4, -0.2) is 34.1 Å². The molecule has 0 fully saturated rings. The van der Waals surface area contributed by atoms with Crippen molar-refractivity contribution in [2.75, 3.05) is 12.4 Å². The second-order valence-corrected chi connectivity index (χ2v) is 7.36. The van der Waals surface area contributed by atoms with Crippen LogP contribution in [0.3, 0.4) is 0 Å². The van der Waals surface area contributed by atoms with Gasteiger partial charge in [-0.15, -0.1) is 0 Å². The highest BCUT2D eigenvalue weighted by Gasteiger charge is 2.20. The summed E-state index contributed by atoms with van der Waals surface area (Å²) in [7, 11) is 1.38. The molecule has 0 aliphatic rings. The molecule has 0 saturated carbocycles. The third-order valence-corrected chi connectivity index (χ3v) is 5.02. The molecular formula is C28H30N4O3. The van der Waals surface area contributed by atoms with Crippen molar-refractivity contribution in [2.45, 2.75) is 32.9 Å². The van der Waals surface area contributed by atoms with Gasteiger partial charge in [0.1, 0.15) is 24.8 Å². The van der Waals surface area contributed by atoms with E-state index in [0.29, 0.717) is 30.4 Å². The van der Waals surface area contributed by atoms with Gasteiger partial charge in [-0.3, -0.25) is 0 Å². The van der Waals surface area contributed by atoms with Gasteiger partial charge in [0, 0.05) is 30.3 Å². The Kier molecular flexibility index (Phi) is 9.75. The third-order valence-electron chi connectivity index (χ3n) is 5.02. The molecule has 0 bridgehead atoms.